The van der Waals surface area contributed by atoms with E-state index in [1.807, 2.05) is 69.3 Å². The summed E-state index contributed by atoms with van der Waals surface area (Å²) in [4.78, 5) is 27.9. The number of hydrogen-bond acceptors (Lipinski definition) is 2. The van der Waals surface area contributed by atoms with Gasteiger partial charge in [0.25, 0.3) is 0 Å². The minimum absolute atomic E-state index is 0.0204. The van der Waals surface area contributed by atoms with Gasteiger partial charge >= 0.3 is 0 Å². The SMILES string of the molecule is Cc1cccc(CC(=O)N(Cc2ccccc2C)[C@H](C)C(=O)NC2CCCC2)c1. The highest BCUT2D eigenvalue weighted by Gasteiger charge is 2.28. The van der Waals surface area contributed by atoms with Gasteiger partial charge in [0.1, 0.15) is 6.04 Å². The monoisotopic (exact) mass is 392 g/mol. The molecule has 0 aliphatic heterocycles. The molecule has 2 amide bonds. The van der Waals surface area contributed by atoms with Crippen molar-refractivity contribution in [3.8, 4) is 0 Å². The lowest BCUT2D eigenvalue weighted by Crippen LogP contribution is -2.50. The van der Waals surface area contributed by atoms with E-state index in [1.54, 1.807) is 4.90 Å². The number of benzene rings is 2. The van der Waals surface area contributed by atoms with Crippen molar-refractivity contribution in [1.82, 2.24) is 10.2 Å². The number of carbonyl (C=O) groups excluding carboxylic acids is 2. The van der Waals surface area contributed by atoms with Crippen LogP contribution in [0.2, 0.25) is 0 Å². The molecule has 0 spiro atoms. The van der Waals surface area contributed by atoms with Crippen molar-refractivity contribution in [2.45, 2.75) is 71.5 Å². The molecule has 1 N–H and O–H groups in total. The molecule has 4 heteroatoms. The molecule has 0 saturated heterocycles. The Hall–Kier alpha value is -2.62. The first-order valence-corrected chi connectivity index (χ1v) is 10.6. The van der Waals surface area contributed by atoms with Gasteiger partial charge in [0, 0.05) is 12.6 Å². The lowest BCUT2D eigenvalue weighted by atomic mass is 10.0. The third-order valence-corrected chi connectivity index (χ3v) is 5.91. The number of carbonyl (C=O) groups is 2. The average Bonchev–Trinajstić information content (AvgIpc) is 3.19. The third-order valence-electron chi connectivity index (χ3n) is 5.91. The molecular formula is C25H32N2O2. The van der Waals surface area contributed by atoms with Crippen LogP contribution in [0.3, 0.4) is 0 Å². The Bertz CT molecular complexity index is 855. The van der Waals surface area contributed by atoms with E-state index in [4.69, 9.17) is 0 Å². The topological polar surface area (TPSA) is 49.4 Å². The average molecular weight is 393 g/mol. The van der Waals surface area contributed by atoms with Crippen molar-refractivity contribution >= 4 is 11.8 Å². The Balaban J connectivity index is 1.78. The molecule has 2 aromatic rings. The molecule has 1 atom stereocenters. The molecular weight excluding hydrogens is 360 g/mol. The molecule has 1 saturated carbocycles. The van der Waals surface area contributed by atoms with E-state index in [9.17, 15) is 9.59 Å². The summed E-state index contributed by atoms with van der Waals surface area (Å²) in [6, 6.07) is 15.8. The lowest BCUT2D eigenvalue weighted by Gasteiger charge is -2.30. The van der Waals surface area contributed by atoms with Crippen molar-refractivity contribution in [2.75, 3.05) is 0 Å². The molecule has 0 bridgehead atoms. The first-order valence-electron chi connectivity index (χ1n) is 10.6. The highest BCUT2D eigenvalue weighted by atomic mass is 16.2. The first kappa shape index (κ1) is 21.1. The summed E-state index contributed by atoms with van der Waals surface area (Å²) < 4.78 is 0. The van der Waals surface area contributed by atoms with Crippen molar-refractivity contribution in [3.05, 3.63) is 70.8 Å². The standard InChI is InChI=1S/C25H32N2O2/c1-18-9-8-11-21(15-18)16-24(28)27(17-22-12-5-4-10-19(22)2)20(3)25(29)26-23-13-6-7-14-23/h4-5,8-12,15,20,23H,6-7,13-14,16-17H2,1-3H3,(H,26,29)/t20-/m1/s1. The summed E-state index contributed by atoms with van der Waals surface area (Å²) in [6.07, 6.45) is 4.70. The van der Waals surface area contributed by atoms with Gasteiger partial charge in [-0.1, -0.05) is 66.9 Å². The summed E-state index contributed by atoms with van der Waals surface area (Å²) in [5.41, 5.74) is 4.32. The van der Waals surface area contributed by atoms with E-state index in [0.717, 1.165) is 35.1 Å². The number of nitrogens with one attached hydrogen (secondary N) is 1. The summed E-state index contributed by atoms with van der Waals surface area (Å²) in [5.74, 6) is -0.0731. The third kappa shape index (κ3) is 5.69. The zero-order valence-corrected chi connectivity index (χ0v) is 17.8. The zero-order chi connectivity index (χ0) is 20.8. The van der Waals surface area contributed by atoms with Crippen molar-refractivity contribution in [3.63, 3.8) is 0 Å². The predicted molar refractivity (Wildman–Crippen MR) is 116 cm³/mol. The molecule has 0 unspecified atom stereocenters. The maximum atomic E-state index is 13.3. The molecule has 0 aromatic heterocycles. The Morgan fingerprint density at radius 3 is 2.48 bits per heavy atom. The Morgan fingerprint density at radius 2 is 1.79 bits per heavy atom. The van der Waals surface area contributed by atoms with Gasteiger partial charge < -0.3 is 10.2 Å². The second-order valence-corrected chi connectivity index (χ2v) is 8.28. The quantitative estimate of drug-likeness (QED) is 0.763. The number of hydrogen-bond donors (Lipinski definition) is 1. The molecule has 29 heavy (non-hydrogen) atoms. The number of amides is 2. The summed E-state index contributed by atoms with van der Waals surface area (Å²) in [6.45, 7) is 6.35. The second kappa shape index (κ2) is 9.73. The molecule has 154 valence electrons. The van der Waals surface area contributed by atoms with E-state index in [0.29, 0.717) is 13.0 Å². The minimum Gasteiger partial charge on any atom is -0.352 e. The van der Waals surface area contributed by atoms with Crippen LogP contribution in [0.5, 0.6) is 0 Å². The Kier molecular flexibility index (Phi) is 7.08. The van der Waals surface area contributed by atoms with Gasteiger partial charge in [-0.3, -0.25) is 9.59 Å². The highest BCUT2D eigenvalue weighted by molar-refractivity contribution is 5.88. The second-order valence-electron chi connectivity index (χ2n) is 8.28. The lowest BCUT2D eigenvalue weighted by molar-refractivity contribution is -0.140. The van der Waals surface area contributed by atoms with Gasteiger partial charge in [0.15, 0.2) is 0 Å². The molecule has 0 radical (unpaired) electrons. The zero-order valence-electron chi connectivity index (χ0n) is 17.8. The van der Waals surface area contributed by atoms with Gasteiger partial charge in [-0.25, -0.2) is 0 Å². The van der Waals surface area contributed by atoms with Crippen LogP contribution in [0.25, 0.3) is 0 Å². The molecule has 4 nitrogen and oxygen atoms in total. The van der Waals surface area contributed by atoms with Gasteiger partial charge in [0.05, 0.1) is 6.42 Å². The van der Waals surface area contributed by atoms with Crippen molar-refractivity contribution < 1.29 is 9.59 Å². The van der Waals surface area contributed by atoms with E-state index in [2.05, 4.69) is 5.32 Å². The van der Waals surface area contributed by atoms with E-state index in [-0.39, 0.29) is 17.9 Å². The fraction of sp³-hybridized carbons (Fsp3) is 0.440. The van der Waals surface area contributed by atoms with Gasteiger partial charge in [-0.2, -0.15) is 0 Å². The molecule has 1 fully saturated rings. The van der Waals surface area contributed by atoms with Crippen LogP contribution in [-0.2, 0) is 22.6 Å². The fourth-order valence-electron chi connectivity index (χ4n) is 4.04. The Morgan fingerprint density at radius 1 is 1.07 bits per heavy atom. The molecule has 2 aromatic carbocycles. The molecule has 0 heterocycles. The Labute approximate surface area is 174 Å². The molecule has 1 aliphatic carbocycles. The summed E-state index contributed by atoms with van der Waals surface area (Å²) in [5, 5.41) is 3.15. The first-order chi connectivity index (χ1) is 13.9. The smallest absolute Gasteiger partial charge is 0.242 e. The van der Waals surface area contributed by atoms with Crippen molar-refractivity contribution in [2.24, 2.45) is 0 Å². The summed E-state index contributed by atoms with van der Waals surface area (Å²) >= 11 is 0. The minimum atomic E-state index is -0.507. The summed E-state index contributed by atoms with van der Waals surface area (Å²) in [7, 11) is 0. The number of rotatable bonds is 7. The van der Waals surface area contributed by atoms with Gasteiger partial charge in [-0.15, -0.1) is 0 Å². The van der Waals surface area contributed by atoms with Crippen LogP contribution in [0.15, 0.2) is 48.5 Å². The van der Waals surface area contributed by atoms with Crippen LogP contribution >= 0.6 is 0 Å². The van der Waals surface area contributed by atoms with Crippen LogP contribution < -0.4 is 5.32 Å². The number of aryl methyl sites for hydroxylation is 2. The van der Waals surface area contributed by atoms with Crippen LogP contribution in [-0.4, -0.2) is 28.8 Å². The molecule has 3 rings (SSSR count). The molecule has 1 aliphatic rings. The largest absolute Gasteiger partial charge is 0.352 e. The fourth-order valence-corrected chi connectivity index (χ4v) is 4.04. The van der Waals surface area contributed by atoms with E-state index < -0.39 is 6.04 Å². The number of nitrogens with zero attached hydrogens (tertiary/aromatic N) is 1. The van der Waals surface area contributed by atoms with Crippen LogP contribution in [0.1, 0.15) is 54.9 Å². The highest BCUT2D eigenvalue weighted by Crippen LogP contribution is 2.19. The van der Waals surface area contributed by atoms with E-state index in [1.165, 1.54) is 12.8 Å². The maximum Gasteiger partial charge on any atom is 0.242 e. The predicted octanol–water partition coefficient (Wildman–Crippen LogP) is 4.32. The van der Waals surface area contributed by atoms with Crippen molar-refractivity contribution in [1.29, 1.82) is 0 Å². The van der Waals surface area contributed by atoms with E-state index >= 15 is 0 Å². The normalized spacial score (nSPS) is 15.1. The van der Waals surface area contributed by atoms with Crippen LogP contribution in [0.4, 0.5) is 0 Å². The van der Waals surface area contributed by atoms with Gasteiger partial charge in [0.2, 0.25) is 11.8 Å². The van der Waals surface area contributed by atoms with Gasteiger partial charge in [-0.05, 0) is 50.3 Å². The van der Waals surface area contributed by atoms with Crippen LogP contribution in [0, 0.1) is 13.8 Å². The maximum absolute atomic E-state index is 13.3.